The average molecular weight is 340 g/mol. The maximum absolute atomic E-state index is 12.6. The minimum absolute atomic E-state index is 0.0577. The molecule has 5 nitrogen and oxygen atoms in total. The highest BCUT2D eigenvalue weighted by molar-refractivity contribution is 5.96. The maximum atomic E-state index is 12.6. The smallest absolute Gasteiger partial charge is 0.231 e. The van der Waals surface area contributed by atoms with Gasteiger partial charge in [-0.3, -0.25) is 4.79 Å². The molecule has 132 valence electrons. The van der Waals surface area contributed by atoms with Crippen LogP contribution in [-0.2, 0) is 17.8 Å². The number of amides is 1. The molecule has 0 atom stereocenters. The number of rotatable bonds is 5. The van der Waals surface area contributed by atoms with Crippen LogP contribution in [0.15, 0.2) is 36.4 Å². The number of carbonyl (C=O) groups is 1. The van der Waals surface area contributed by atoms with Crippen molar-refractivity contribution in [2.75, 3.05) is 24.4 Å². The highest BCUT2D eigenvalue weighted by Crippen LogP contribution is 2.35. The second-order valence-corrected chi connectivity index (χ2v) is 6.39. The molecule has 2 aromatic carbocycles. The number of nitrogens with zero attached hydrogens (tertiary/aromatic N) is 1. The lowest BCUT2D eigenvalue weighted by Crippen LogP contribution is -2.36. The number of carbonyl (C=O) groups excluding carboxylic acids is 1. The first-order valence-electron chi connectivity index (χ1n) is 8.46. The zero-order valence-corrected chi connectivity index (χ0v) is 15.1. The molecular weight excluding hydrogens is 316 g/mol. The molecule has 0 radical (unpaired) electrons. The van der Waals surface area contributed by atoms with Crippen LogP contribution in [0.2, 0.25) is 0 Å². The Bertz CT molecular complexity index is 769. The fourth-order valence-corrected chi connectivity index (χ4v) is 3.02. The van der Waals surface area contributed by atoms with Crippen molar-refractivity contribution in [3.63, 3.8) is 0 Å². The van der Waals surface area contributed by atoms with Gasteiger partial charge in [-0.25, -0.2) is 0 Å². The Morgan fingerprint density at radius 3 is 2.36 bits per heavy atom. The van der Waals surface area contributed by atoms with Gasteiger partial charge in [0.25, 0.3) is 0 Å². The summed E-state index contributed by atoms with van der Waals surface area (Å²) in [7, 11) is 3.50. The Kier molecular flexibility index (Phi) is 4.83. The van der Waals surface area contributed by atoms with Crippen molar-refractivity contribution in [2.45, 2.75) is 32.9 Å². The van der Waals surface area contributed by atoms with Crippen LogP contribution in [0.25, 0.3) is 0 Å². The standard InChI is InChI=1S/C20H24N2O3/c1-13(2)25-19-10-15-12-22(17-7-5-16(21-3)6-8-17)20(23)11-14(15)9-18(19)24-4/h5-10,13,21H,11-12H2,1-4H3. The molecule has 0 fully saturated rings. The number of anilines is 2. The van der Waals surface area contributed by atoms with Crippen LogP contribution >= 0.6 is 0 Å². The van der Waals surface area contributed by atoms with Gasteiger partial charge in [0.2, 0.25) is 5.91 Å². The summed E-state index contributed by atoms with van der Waals surface area (Å²) in [5, 5.41) is 3.09. The normalized spacial score (nSPS) is 13.6. The number of hydrogen-bond acceptors (Lipinski definition) is 4. The van der Waals surface area contributed by atoms with Gasteiger partial charge in [-0.2, -0.15) is 0 Å². The van der Waals surface area contributed by atoms with E-state index in [0.717, 1.165) is 28.3 Å². The van der Waals surface area contributed by atoms with E-state index in [0.29, 0.717) is 18.7 Å². The van der Waals surface area contributed by atoms with Gasteiger partial charge in [0.05, 0.1) is 26.2 Å². The molecule has 1 N–H and O–H groups in total. The van der Waals surface area contributed by atoms with E-state index in [1.165, 1.54) is 0 Å². The van der Waals surface area contributed by atoms with E-state index in [9.17, 15) is 4.79 Å². The van der Waals surface area contributed by atoms with E-state index >= 15 is 0 Å². The molecule has 2 aromatic rings. The topological polar surface area (TPSA) is 50.8 Å². The molecule has 0 aliphatic carbocycles. The number of nitrogens with one attached hydrogen (secondary N) is 1. The number of benzene rings is 2. The summed E-state index contributed by atoms with van der Waals surface area (Å²) >= 11 is 0. The first kappa shape index (κ1) is 17.1. The Morgan fingerprint density at radius 1 is 1.08 bits per heavy atom. The lowest BCUT2D eigenvalue weighted by Gasteiger charge is -2.30. The Labute approximate surface area is 148 Å². The summed E-state index contributed by atoms with van der Waals surface area (Å²) in [6.07, 6.45) is 0.420. The van der Waals surface area contributed by atoms with Crippen molar-refractivity contribution in [3.05, 3.63) is 47.5 Å². The van der Waals surface area contributed by atoms with E-state index in [4.69, 9.17) is 9.47 Å². The molecule has 0 bridgehead atoms. The summed E-state index contributed by atoms with van der Waals surface area (Å²) < 4.78 is 11.3. The van der Waals surface area contributed by atoms with E-state index < -0.39 is 0 Å². The average Bonchev–Trinajstić information content (AvgIpc) is 2.60. The number of methoxy groups -OCH3 is 1. The van der Waals surface area contributed by atoms with Crippen molar-refractivity contribution in [3.8, 4) is 11.5 Å². The van der Waals surface area contributed by atoms with Crippen LogP contribution in [0.1, 0.15) is 25.0 Å². The predicted octanol–water partition coefficient (Wildman–Crippen LogP) is 3.61. The number of ether oxygens (including phenoxy) is 2. The molecule has 5 heteroatoms. The first-order chi connectivity index (χ1) is 12.0. The second kappa shape index (κ2) is 7.05. The predicted molar refractivity (Wildman–Crippen MR) is 99.6 cm³/mol. The van der Waals surface area contributed by atoms with Crippen molar-refractivity contribution >= 4 is 17.3 Å². The van der Waals surface area contributed by atoms with Crippen molar-refractivity contribution in [2.24, 2.45) is 0 Å². The van der Waals surface area contributed by atoms with Crippen molar-refractivity contribution in [1.82, 2.24) is 0 Å². The summed E-state index contributed by atoms with van der Waals surface area (Å²) in [5.74, 6) is 1.48. The molecule has 1 amide bonds. The second-order valence-electron chi connectivity index (χ2n) is 6.39. The third-order valence-electron chi connectivity index (χ3n) is 4.29. The van der Waals surface area contributed by atoms with E-state index in [-0.39, 0.29) is 12.0 Å². The molecule has 0 aromatic heterocycles. The third kappa shape index (κ3) is 3.55. The lowest BCUT2D eigenvalue weighted by atomic mass is 9.97. The fraction of sp³-hybridized carbons (Fsp3) is 0.350. The number of hydrogen-bond donors (Lipinski definition) is 1. The molecule has 1 aliphatic rings. The van der Waals surface area contributed by atoms with Gasteiger partial charge in [-0.1, -0.05) is 0 Å². The zero-order valence-electron chi connectivity index (χ0n) is 15.1. The van der Waals surface area contributed by atoms with E-state index in [2.05, 4.69) is 5.32 Å². The largest absolute Gasteiger partial charge is 0.493 e. The number of fused-ring (bicyclic) bond motifs is 1. The van der Waals surface area contributed by atoms with Gasteiger partial charge in [-0.05, 0) is 61.4 Å². The molecular formula is C20H24N2O3. The Hall–Kier alpha value is -2.69. The minimum Gasteiger partial charge on any atom is -0.493 e. The van der Waals surface area contributed by atoms with Crippen LogP contribution in [-0.4, -0.2) is 26.2 Å². The van der Waals surface area contributed by atoms with Crippen LogP contribution in [0, 0.1) is 0 Å². The third-order valence-corrected chi connectivity index (χ3v) is 4.29. The zero-order chi connectivity index (χ0) is 18.0. The molecule has 1 aliphatic heterocycles. The van der Waals surface area contributed by atoms with E-state index in [1.54, 1.807) is 7.11 Å². The molecule has 1 heterocycles. The molecule has 0 unspecified atom stereocenters. The van der Waals surface area contributed by atoms with Crippen LogP contribution in [0.5, 0.6) is 11.5 Å². The molecule has 0 saturated carbocycles. The first-order valence-corrected chi connectivity index (χ1v) is 8.46. The summed E-state index contributed by atoms with van der Waals surface area (Å²) in [6, 6.07) is 11.8. The molecule has 0 saturated heterocycles. The molecule has 25 heavy (non-hydrogen) atoms. The van der Waals surface area contributed by atoms with Gasteiger partial charge >= 0.3 is 0 Å². The van der Waals surface area contributed by atoms with E-state index in [1.807, 2.05) is 62.2 Å². The quantitative estimate of drug-likeness (QED) is 0.903. The lowest BCUT2D eigenvalue weighted by molar-refractivity contribution is -0.118. The molecule has 0 spiro atoms. The van der Waals surface area contributed by atoms with Crippen molar-refractivity contribution in [1.29, 1.82) is 0 Å². The van der Waals surface area contributed by atoms with Gasteiger partial charge in [0.1, 0.15) is 0 Å². The summed E-state index contributed by atoms with van der Waals surface area (Å²) in [4.78, 5) is 14.4. The highest BCUT2D eigenvalue weighted by atomic mass is 16.5. The summed E-state index contributed by atoms with van der Waals surface area (Å²) in [6.45, 7) is 4.50. The summed E-state index contributed by atoms with van der Waals surface area (Å²) in [5.41, 5.74) is 4.01. The Balaban J connectivity index is 1.93. The Morgan fingerprint density at radius 2 is 1.76 bits per heavy atom. The van der Waals surface area contributed by atoms with Gasteiger partial charge in [0, 0.05) is 18.4 Å². The maximum Gasteiger partial charge on any atom is 0.231 e. The minimum atomic E-state index is 0.0577. The van der Waals surface area contributed by atoms with Crippen molar-refractivity contribution < 1.29 is 14.3 Å². The highest BCUT2D eigenvalue weighted by Gasteiger charge is 2.26. The molecule has 3 rings (SSSR count). The van der Waals surface area contributed by atoms with Gasteiger partial charge in [0.15, 0.2) is 11.5 Å². The fourth-order valence-electron chi connectivity index (χ4n) is 3.02. The van der Waals surface area contributed by atoms with Crippen LogP contribution in [0.4, 0.5) is 11.4 Å². The van der Waals surface area contributed by atoms with Gasteiger partial charge < -0.3 is 19.7 Å². The SMILES string of the molecule is CNc1ccc(N2Cc3cc(OC(C)C)c(OC)cc3CC2=O)cc1. The van der Waals surface area contributed by atoms with Gasteiger partial charge in [-0.15, -0.1) is 0 Å². The monoisotopic (exact) mass is 340 g/mol. The van der Waals surface area contributed by atoms with Crippen LogP contribution in [0.3, 0.4) is 0 Å². The van der Waals surface area contributed by atoms with Crippen LogP contribution < -0.4 is 19.7 Å².